The highest BCUT2D eigenvalue weighted by Crippen LogP contribution is 2.30. The van der Waals surface area contributed by atoms with Crippen molar-refractivity contribution in [2.24, 2.45) is 5.92 Å². The first-order valence-corrected chi connectivity index (χ1v) is 9.39. The standard InChI is InChI=1S/C20H18Br2O4/c1-25-19(23)18(20(24)26-2)17(14-6-10-16(22)11-7-14)12-5-13-3-8-15(21)9-4-13/h3-12,17-18H,1-2H3/b12-5+. The Kier molecular flexibility index (Phi) is 7.60. The maximum absolute atomic E-state index is 12.3. The van der Waals surface area contributed by atoms with E-state index in [4.69, 9.17) is 9.47 Å². The van der Waals surface area contributed by atoms with Gasteiger partial charge in [0.1, 0.15) is 0 Å². The number of halogens is 2. The second-order valence-corrected chi connectivity index (χ2v) is 7.34. The van der Waals surface area contributed by atoms with Crippen LogP contribution in [0.2, 0.25) is 0 Å². The van der Waals surface area contributed by atoms with Crippen molar-refractivity contribution in [3.05, 3.63) is 74.7 Å². The third-order valence-corrected chi connectivity index (χ3v) is 4.95. The highest BCUT2D eigenvalue weighted by molar-refractivity contribution is 9.10. The predicted octanol–water partition coefficient (Wildman–Crippen LogP) is 4.97. The van der Waals surface area contributed by atoms with E-state index in [0.29, 0.717) is 0 Å². The van der Waals surface area contributed by atoms with E-state index in [9.17, 15) is 9.59 Å². The lowest BCUT2D eigenvalue weighted by molar-refractivity contribution is -0.159. The minimum atomic E-state index is -1.09. The van der Waals surface area contributed by atoms with Crippen LogP contribution in [-0.2, 0) is 19.1 Å². The lowest BCUT2D eigenvalue weighted by Gasteiger charge is -2.21. The van der Waals surface area contributed by atoms with Gasteiger partial charge in [0, 0.05) is 14.9 Å². The molecule has 0 aliphatic heterocycles. The number of rotatable bonds is 6. The molecule has 0 bridgehead atoms. The number of methoxy groups -OCH3 is 2. The Morgan fingerprint density at radius 2 is 1.31 bits per heavy atom. The first kappa shape index (κ1) is 20.4. The lowest BCUT2D eigenvalue weighted by Crippen LogP contribution is -2.31. The van der Waals surface area contributed by atoms with Gasteiger partial charge in [-0.3, -0.25) is 9.59 Å². The lowest BCUT2D eigenvalue weighted by atomic mass is 9.85. The summed E-state index contributed by atoms with van der Waals surface area (Å²) in [7, 11) is 2.52. The van der Waals surface area contributed by atoms with Crippen molar-refractivity contribution in [3.8, 4) is 0 Å². The summed E-state index contributed by atoms with van der Waals surface area (Å²) in [5.41, 5.74) is 1.76. The fraction of sp³-hybridized carbons (Fsp3) is 0.200. The third kappa shape index (κ3) is 5.29. The molecule has 1 atom stereocenters. The fourth-order valence-corrected chi connectivity index (χ4v) is 3.06. The number of allylic oxidation sites excluding steroid dienone is 1. The molecule has 0 N–H and O–H groups in total. The normalized spacial score (nSPS) is 12.2. The quantitative estimate of drug-likeness (QED) is 0.431. The van der Waals surface area contributed by atoms with Gasteiger partial charge in [0.2, 0.25) is 0 Å². The Morgan fingerprint density at radius 3 is 1.77 bits per heavy atom. The van der Waals surface area contributed by atoms with Crippen molar-refractivity contribution in [1.29, 1.82) is 0 Å². The summed E-state index contributed by atoms with van der Waals surface area (Å²) in [6.07, 6.45) is 3.70. The molecule has 0 saturated heterocycles. The zero-order valence-electron chi connectivity index (χ0n) is 14.3. The molecule has 1 unspecified atom stereocenters. The number of benzene rings is 2. The fourth-order valence-electron chi connectivity index (χ4n) is 2.53. The van der Waals surface area contributed by atoms with Gasteiger partial charge in [-0.15, -0.1) is 0 Å². The van der Waals surface area contributed by atoms with E-state index >= 15 is 0 Å². The molecule has 0 fully saturated rings. The van der Waals surface area contributed by atoms with Gasteiger partial charge in [-0.2, -0.15) is 0 Å². The van der Waals surface area contributed by atoms with E-state index in [1.54, 1.807) is 0 Å². The summed E-state index contributed by atoms with van der Waals surface area (Å²) >= 11 is 6.79. The smallest absolute Gasteiger partial charge is 0.321 e. The van der Waals surface area contributed by atoms with Gasteiger partial charge in [0.25, 0.3) is 0 Å². The molecule has 0 amide bonds. The van der Waals surface area contributed by atoms with Crippen LogP contribution in [0, 0.1) is 5.92 Å². The maximum atomic E-state index is 12.3. The molecule has 0 saturated carbocycles. The first-order valence-electron chi connectivity index (χ1n) is 7.81. The molecule has 0 aromatic heterocycles. The zero-order valence-corrected chi connectivity index (χ0v) is 17.5. The van der Waals surface area contributed by atoms with E-state index in [1.807, 2.05) is 60.7 Å². The molecule has 0 radical (unpaired) electrons. The molecule has 26 heavy (non-hydrogen) atoms. The van der Waals surface area contributed by atoms with Gasteiger partial charge in [-0.25, -0.2) is 0 Å². The second kappa shape index (κ2) is 9.69. The Morgan fingerprint density at radius 1 is 0.846 bits per heavy atom. The predicted molar refractivity (Wildman–Crippen MR) is 108 cm³/mol. The van der Waals surface area contributed by atoms with Crippen LogP contribution in [0.25, 0.3) is 6.08 Å². The Balaban J connectivity index is 2.46. The van der Waals surface area contributed by atoms with Crippen LogP contribution in [0.3, 0.4) is 0 Å². The average Bonchev–Trinajstić information content (AvgIpc) is 2.66. The number of carbonyl (C=O) groups excluding carboxylic acids is 2. The zero-order chi connectivity index (χ0) is 19.1. The van der Waals surface area contributed by atoms with Crippen molar-refractivity contribution in [2.45, 2.75) is 5.92 Å². The van der Waals surface area contributed by atoms with E-state index in [0.717, 1.165) is 20.1 Å². The van der Waals surface area contributed by atoms with Crippen molar-refractivity contribution in [1.82, 2.24) is 0 Å². The molecule has 0 heterocycles. The van der Waals surface area contributed by atoms with Crippen LogP contribution in [0.4, 0.5) is 0 Å². The molecule has 0 aliphatic rings. The molecule has 2 aromatic carbocycles. The minimum absolute atomic E-state index is 0.522. The van der Waals surface area contributed by atoms with Gasteiger partial charge >= 0.3 is 11.9 Å². The van der Waals surface area contributed by atoms with Crippen LogP contribution in [0.15, 0.2) is 63.6 Å². The number of hydrogen-bond acceptors (Lipinski definition) is 4. The summed E-state index contributed by atoms with van der Waals surface area (Å²) in [4.78, 5) is 24.6. The number of esters is 2. The summed E-state index contributed by atoms with van der Waals surface area (Å²) in [6, 6.07) is 15.2. The molecule has 6 heteroatoms. The first-order chi connectivity index (χ1) is 12.5. The van der Waals surface area contributed by atoms with E-state index in [2.05, 4.69) is 31.9 Å². The van der Waals surface area contributed by atoms with Crippen LogP contribution in [0.1, 0.15) is 17.0 Å². The third-order valence-electron chi connectivity index (χ3n) is 3.89. The summed E-state index contributed by atoms with van der Waals surface area (Å²) in [5.74, 6) is -2.88. The SMILES string of the molecule is COC(=O)C(C(=O)OC)C(/C=C/c1ccc(Br)cc1)c1ccc(Br)cc1. The summed E-state index contributed by atoms with van der Waals surface area (Å²) < 4.78 is 11.6. The minimum Gasteiger partial charge on any atom is -0.468 e. The highest BCUT2D eigenvalue weighted by atomic mass is 79.9. The van der Waals surface area contributed by atoms with Gasteiger partial charge in [0.15, 0.2) is 5.92 Å². The highest BCUT2D eigenvalue weighted by Gasteiger charge is 2.36. The van der Waals surface area contributed by atoms with E-state index < -0.39 is 23.8 Å². The maximum Gasteiger partial charge on any atom is 0.321 e. The summed E-state index contributed by atoms with van der Waals surface area (Å²) in [6.45, 7) is 0. The van der Waals surface area contributed by atoms with Gasteiger partial charge in [-0.1, -0.05) is 68.3 Å². The number of hydrogen-bond donors (Lipinski definition) is 0. The Bertz CT molecular complexity index is 766. The van der Waals surface area contributed by atoms with Crippen molar-refractivity contribution in [2.75, 3.05) is 14.2 Å². The molecule has 136 valence electrons. The van der Waals surface area contributed by atoms with Gasteiger partial charge in [0.05, 0.1) is 14.2 Å². The molecule has 0 spiro atoms. The Labute approximate surface area is 169 Å². The van der Waals surface area contributed by atoms with Gasteiger partial charge < -0.3 is 9.47 Å². The van der Waals surface area contributed by atoms with Gasteiger partial charge in [-0.05, 0) is 35.4 Å². The summed E-state index contributed by atoms with van der Waals surface area (Å²) in [5, 5.41) is 0. The topological polar surface area (TPSA) is 52.6 Å². The Hall–Kier alpha value is -1.92. The number of ether oxygens (including phenoxy) is 2. The van der Waals surface area contributed by atoms with E-state index in [-0.39, 0.29) is 0 Å². The molecular weight excluding hydrogens is 464 g/mol. The number of carbonyl (C=O) groups is 2. The molecule has 2 rings (SSSR count). The van der Waals surface area contributed by atoms with Crippen molar-refractivity contribution < 1.29 is 19.1 Å². The average molecular weight is 482 g/mol. The molecule has 0 aliphatic carbocycles. The largest absolute Gasteiger partial charge is 0.468 e. The second-order valence-electron chi connectivity index (χ2n) is 5.51. The van der Waals surface area contributed by atoms with E-state index in [1.165, 1.54) is 14.2 Å². The molecular formula is C20H18Br2O4. The van der Waals surface area contributed by atoms with Crippen LogP contribution in [0.5, 0.6) is 0 Å². The van der Waals surface area contributed by atoms with Crippen LogP contribution < -0.4 is 0 Å². The van der Waals surface area contributed by atoms with Crippen LogP contribution in [-0.4, -0.2) is 26.2 Å². The molecule has 4 nitrogen and oxygen atoms in total. The molecule has 2 aromatic rings. The van der Waals surface area contributed by atoms with Crippen LogP contribution >= 0.6 is 31.9 Å². The van der Waals surface area contributed by atoms with Crippen molar-refractivity contribution in [3.63, 3.8) is 0 Å². The van der Waals surface area contributed by atoms with Crippen molar-refractivity contribution >= 4 is 49.9 Å². The monoisotopic (exact) mass is 480 g/mol.